The normalized spacial score (nSPS) is 14.5. The van der Waals surface area contributed by atoms with Crippen molar-refractivity contribution in [2.45, 2.75) is 51.4 Å². The minimum absolute atomic E-state index is 0.126. The molecule has 0 saturated heterocycles. The van der Waals surface area contributed by atoms with Crippen LogP contribution < -0.4 is 19.9 Å². The smallest absolute Gasteiger partial charge is 0.325 e. The molecule has 1 atom stereocenters. The van der Waals surface area contributed by atoms with E-state index in [1.165, 1.54) is 18.7 Å². The van der Waals surface area contributed by atoms with Crippen molar-refractivity contribution >= 4 is 23.4 Å². The second-order valence-electron chi connectivity index (χ2n) is 7.89. The van der Waals surface area contributed by atoms with Crippen molar-refractivity contribution in [3.05, 3.63) is 64.4 Å². The van der Waals surface area contributed by atoms with Crippen LogP contribution in [0.4, 0.5) is 5.69 Å². The molecule has 0 aliphatic carbocycles. The van der Waals surface area contributed by atoms with E-state index in [0.717, 1.165) is 36.3 Å². The number of unbranched alkanes of at least 4 members (excludes halogenated alkanes) is 2. The Labute approximate surface area is 197 Å². The van der Waals surface area contributed by atoms with Crippen LogP contribution in [0, 0.1) is 0 Å². The Bertz CT molecular complexity index is 1190. The molecule has 1 aliphatic heterocycles. The van der Waals surface area contributed by atoms with Gasteiger partial charge in [-0.1, -0.05) is 43.7 Å². The van der Waals surface area contributed by atoms with E-state index in [9.17, 15) is 9.59 Å². The first-order valence-electron chi connectivity index (χ1n) is 11.4. The largest absolute Gasteiger partial charge is 0.494 e. The maximum Gasteiger partial charge on any atom is 0.325 e. The number of benzene rings is 2. The second-order valence-corrected chi connectivity index (χ2v) is 8.97. The summed E-state index contributed by atoms with van der Waals surface area (Å²) in [7, 11) is 0. The zero-order valence-corrected chi connectivity index (χ0v) is 20.0. The quantitative estimate of drug-likeness (QED) is 0.305. The lowest BCUT2D eigenvalue weighted by atomic mass is 10.0. The van der Waals surface area contributed by atoms with Crippen LogP contribution in [0.3, 0.4) is 0 Å². The summed E-state index contributed by atoms with van der Waals surface area (Å²) in [6.07, 6.45) is 2.74. The molecule has 2 aromatic carbocycles. The number of nitrogens with zero attached hydrogens (tertiary/aromatic N) is 3. The minimum Gasteiger partial charge on any atom is -0.494 e. The Morgan fingerprint density at radius 2 is 1.91 bits per heavy atom. The van der Waals surface area contributed by atoms with Gasteiger partial charge in [-0.3, -0.25) is 14.6 Å². The van der Waals surface area contributed by atoms with Crippen LogP contribution in [0.25, 0.3) is 11.3 Å². The van der Waals surface area contributed by atoms with Crippen molar-refractivity contribution in [1.82, 2.24) is 10.1 Å². The Morgan fingerprint density at radius 3 is 2.61 bits per heavy atom. The lowest BCUT2D eigenvalue weighted by Crippen LogP contribution is -2.60. The van der Waals surface area contributed by atoms with E-state index in [0.29, 0.717) is 28.7 Å². The first-order valence-corrected chi connectivity index (χ1v) is 12.3. The Hall–Kier alpha value is -3.13. The maximum atomic E-state index is 13.3. The van der Waals surface area contributed by atoms with Gasteiger partial charge < -0.3 is 4.74 Å². The molecular weight excluding hydrogens is 436 g/mol. The molecule has 33 heavy (non-hydrogen) atoms. The molecule has 1 aliphatic rings. The summed E-state index contributed by atoms with van der Waals surface area (Å²) in [4.78, 5) is 30.8. The number of fused-ring (bicyclic) bond motifs is 3. The van der Waals surface area contributed by atoms with Gasteiger partial charge in [0, 0.05) is 23.3 Å². The van der Waals surface area contributed by atoms with Gasteiger partial charge in [0.2, 0.25) is 11.1 Å². The molecule has 0 saturated carbocycles. The Kier molecular flexibility index (Phi) is 7.13. The number of H-pyrrole nitrogens is 1. The number of thioether (sulfide) groups is 1. The molecule has 0 spiro atoms. The number of rotatable bonds is 8. The number of ether oxygens (including phenoxy) is 1. The summed E-state index contributed by atoms with van der Waals surface area (Å²) in [6, 6.07) is 15.1. The van der Waals surface area contributed by atoms with Crippen LogP contribution >= 0.6 is 11.8 Å². The lowest BCUT2D eigenvalue weighted by Gasteiger charge is -2.31. The zero-order valence-electron chi connectivity index (χ0n) is 19.2. The zero-order chi connectivity index (χ0) is 23.4. The third kappa shape index (κ3) is 4.66. The number of hydrogen-bond donors (Lipinski definition) is 1. The summed E-state index contributed by atoms with van der Waals surface area (Å²) in [5.41, 5.74) is 2.45. The molecule has 3 aromatic rings. The number of carbonyl (C=O) groups is 1. The maximum absolute atomic E-state index is 13.3. The van der Waals surface area contributed by atoms with E-state index >= 15 is 0 Å². The highest BCUT2D eigenvalue weighted by atomic mass is 32.2. The van der Waals surface area contributed by atoms with Crippen molar-refractivity contribution in [3.63, 3.8) is 0 Å². The number of hydrogen-bond acceptors (Lipinski definition) is 5. The molecule has 1 N–H and O–H groups in total. The summed E-state index contributed by atoms with van der Waals surface area (Å²) < 4.78 is 7.28. The number of carbonyl (C=O) groups excluding carboxylic acids is 1. The van der Waals surface area contributed by atoms with Crippen LogP contribution in [0.2, 0.25) is 0 Å². The topological polar surface area (TPSA) is 79.2 Å². The van der Waals surface area contributed by atoms with Crippen molar-refractivity contribution in [2.75, 3.05) is 17.3 Å². The first kappa shape index (κ1) is 23.0. The standard InChI is InChI=1S/C25H28N4O3S/c1-4-6-9-16-33-25-26-23(31)22-20-10-7-8-11-21(20)28(17(3)30)24(29(22)27-25)18-12-14-19(15-13-18)32-5-2/h7-8,10-15,24H,4-6,9,16H2,1-3H3/p+1/t24-/m1/s1. The fourth-order valence-corrected chi connectivity index (χ4v) is 4.95. The van der Waals surface area contributed by atoms with Crippen LogP contribution in [-0.2, 0) is 4.79 Å². The van der Waals surface area contributed by atoms with Gasteiger partial charge >= 0.3 is 11.3 Å². The second kappa shape index (κ2) is 10.2. The first-order chi connectivity index (χ1) is 16.0. The van der Waals surface area contributed by atoms with E-state index in [1.54, 1.807) is 9.58 Å². The molecular formula is C25H29N4O3S+. The Balaban J connectivity index is 1.87. The molecule has 0 bridgehead atoms. The summed E-state index contributed by atoms with van der Waals surface area (Å²) in [5, 5.41) is 5.37. The van der Waals surface area contributed by atoms with E-state index in [1.807, 2.05) is 55.5 Å². The van der Waals surface area contributed by atoms with Crippen molar-refractivity contribution in [1.29, 1.82) is 0 Å². The third-order valence-corrected chi connectivity index (χ3v) is 6.52. The van der Waals surface area contributed by atoms with Crippen molar-refractivity contribution in [2.24, 2.45) is 0 Å². The van der Waals surface area contributed by atoms with E-state index in [4.69, 9.17) is 9.84 Å². The van der Waals surface area contributed by atoms with Gasteiger partial charge in [0.15, 0.2) is 0 Å². The molecule has 1 amide bonds. The highest BCUT2D eigenvalue weighted by Crippen LogP contribution is 2.37. The molecule has 0 radical (unpaired) electrons. The molecule has 2 heterocycles. The molecule has 172 valence electrons. The number of nitrogens with one attached hydrogen (secondary N) is 1. The fraction of sp³-hybridized carbons (Fsp3) is 0.360. The van der Waals surface area contributed by atoms with Crippen molar-refractivity contribution < 1.29 is 14.2 Å². The van der Waals surface area contributed by atoms with Gasteiger partial charge in [0.1, 0.15) is 5.75 Å². The average molecular weight is 466 g/mol. The van der Waals surface area contributed by atoms with Crippen molar-refractivity contribution in [3.8, 4) is 17.0 Å². The van der Waals surface area contributed by atoms with Gasteiger partial charge in [-0.25, -0.2) is 4.90 Å². The third-order valence-electron chi connectivity index (χ3n) is 5.57. The number of para-hydroxylation sites is 1. The van der Waals surface area contributed by atoms with Gasteiger partial charge in [-0.05, 0) is 54.4 Å². The summed E-state index contributed by atoms with van der Waals surface area (Å²) >= 11 is 1.53. The molecule has 0 fully saturated rings. The highest BCUT2D eigenvalue weighted by Gasteiger charge is 2.44. The van der Waals surface area contributed by atoms with Crippen LogP contribution in [0.5, 0.6) is 5.75 Å². The average Bonchev–Trinajstić information content (AvgIpc) is 2.81. The Morgan fingerprint density at radius 1 is 1.15 bits per heavy atom. The number of aromatic nitrogens is 3. The number of aromatic amines is 1. The molecule has 0 unspecified atom stereocenters. The van der Waals surface area contributed by atoms with Gasteiger partial charge in [0.25, 0.3) is 6.17 Å². The predicted molar refractivity (Wildman–Crippen MR) is 130 cm³/mol. The number of anilines is 1. The van der Waals surface area contributed by atoms with Crippen LogP contribution in [0.1, 0.15) is 51.8 Å². The SMILES string of the molecule is CCCCCSc1n[n+]2c(c(=O)[nH]1)-c1ccccc1N(C(C)=O)[C@H]2c1ccc(OCC)cc1. The van der Waals surface area contributed by atoms with Gasteiger partial charge in [-0.2, -0.15) is 0 Å². The predicted octanol–water partition coefficient (Wildman–Crippen LogP) is 4.32. The van der Waals surface area contributed by atoms with Gasteiger partial charge in [-0.15, -0.1) is 0 Å². The van der Waals surface area contributed by atoms with Crippen LogP contribution in [0.15, 0.2) is 58.5 Å². The highest BCUT2D eigenvalue weighted by molar-refractivity contribution is 7.99. The van der Waals surface area contributed by atoms with E-state index < -0.39 is 6.17 Å². The monoisotopic (exact) mass is 465 g/mol. The number of amides is 1. The fourth-order valence-electron chi connectivity index (χ4n) is 4.10. The molecule has 4 rings (SSSR count). The van der Waals surface area contributed by atoms with E-state index in [2.05, 4.69) is 11.9 Å². The molecule has 7 nitrogen and oxygen atoms in total. The van der Waals surface area contributed by atoms with E-state index in [-0.39, 0.29) is 11.5 Å². The van der Waals surface area contributed by atoms with Crippen LogP contribution in [-0.4, -0.2) is 28.3 Å². The minimum atomic E-state index is -0.583. The molecule has 1 aromatic heterocycles. The lowest BCUT2D eigenvalue weighted by molar-refractivity contribution is -0.763. The molecule has 8 heteroatoms. The summed E-state index contributed by atoms with van der Waals surface area (Å²) in [6.45, 7) is 6.21. The summed E-state index contributed by atoms with van der Waals surface area (Å²) in [5.74, 6) is 1.50. The van der Waals surface area contributed by atoms with Gasteiger partial charge in [0.05, 0.1) is 17.9 Å².